The van der Waals surface area contributed by atoms with Gasteiger partial charge in [-0.15, -0.1) is 0 Å². The first-order chi connectivity index (χ1) is 12.1. The van der Waals surface area contributed by atoms with Crippen LogP contribution in [0.15, 0.2) is 42.6 Å². The standard InChI is InChI=1S/C20H18FN3O/c1-12(25)24-18(13-4-2-5-14(21)10-13)17-16(11-20(24)7-8-20)15-6-3-9-22-19(15)23-17/h2-6,9-10,18H,7-8,11H2,1H3,(H,22,23). The van der Waals surface area contributed by atoms with Crippen molar-refractivity contribution in [3.8, 4) is 0 Å². The van der Waals surface area contributed by atoms with Crippen molar-refractivity contribution in [2.45, 2.75) is 37.8 Å². The number of nitrogens with one attached hydrogen (secondary N) is 1. The van der Waals surface area contributed by atoms with Crippen LogP contribution >= 0.6 is 0 Å². The van der Waals surface area contributed by atoms with Crippen molar-refractivity contribution in [3.63, 3.8) is 0 Å². The summed E-state index contributed by atoms with van der Waals surface area (Å²) >= 11 is 0. The molecule has 0 radical (unpaired) electrons. The lowest BCUT2D eigenvalue weighted by atomic mass is 9.86. The number of carbonyl (C=O) groups excluding carboxylic acids is 1. The predicted octanol–water partition coefficient (Wildman–Crippen LogP) is 3.73. The van der Waals surface area contributed by atoms with Gasteiger partial charge < -0.3 is 9.88 Å². The number of pyridine rings is 1. The molecule has 5 heteroatoms. The maximum absolute atomic E-state index is 13.9. The second kappa shape index (κ2) is 4.91. The molecule has 3 aromatic rings. The lowest BCUT2D eigenvalue weighted by Gasteiger charge is -2.42. The number of carbonyl (C=O) groups is 1. The second-order valence-corrected chi connectivity index (χ2v) is 7.16. The molecular formula is C20H18FN3O. The van der Waals surface area contributed by atoms with Crippen molar-refractivity contribution in [1.82, 2.24) is 14.9 Å². The fourth-order valence-electron chi connectivity index (χ4n) is 4.41. The topological polar surface area (TPSA) is 49.0 Å². The summed E-state index contributed by atoms with van der Waals surface area (Å²) in [5.41, 5.74) is 3.67. The molecule has 2 aromatic heterocycles. The van der Waals surface area contributed by atoms with Gasteiger partial charge in [-0.1, -0.05) is 12.1 Å². The quantitative estimate of drug-likeness (QED) is 0.737. The Kier molecular flexibility index (Phi) is 2.87. The van der Waals surface area contributed by atoms with E-state index in [1.807, 2.05) is 17.0 Å². The van der Waals surface area contributed by atoms with Crippen molar-refractivity contribution in [1.29, 1.82) is 0 Å². The molecule has 5 rings (SSSR count). The molecule has 1 saturated carbocycles. The largest absolute Gasteiger partial charge is 0.341 e. The number of H-pyrrole nitrogens is 1. The van der Waals surface area contributed by atoms with Gasteiger partial charge in [-0.05, 0) is 54.7 Å². The Morgan fingerprint density at radius 2 is 2.16 bits per heavy atom. The lowest BCUT2D eigenvalue weighted by molar-refractivity contribution is -0.134. The van der Waals surface area contributed by atoms with Crippen LogP contribution in [0.4, 0.5) is 4.39 Å². The average Bonchev–Trinajstić information content (AvgIpc) is 3.25. The number of benzene rings is 1. The summed E-state index contributed by atoms with van der Waals surface area (Å²) in [4.78, 5) is 22.4. The van der Waals surface area contributed by atoms with E-state index in [-0.39, 0.29) is 23.3 Å². The minimum atomic E-state index is -0.298. The Morgan fingerprint density at radius 3 is 2.88 bits per heavy atom. The summed E-state index contributed by atoms with van der Waals surface area (Å²) in [5.74, 6) is -0.253. The monoisotopic (exact) mass is 335 g/mol. The highest BCUT2D eigenvalue weighted by Crippen LogP contribution is 2.55. The smallest absolute Gasteiger partial charge is 0.220 e. The average molecular weight is 335 g/mol. The Bertz CT molecular complexity index is 1010. The van der Waals surface area contributed by atoms with Crippen LogP contribution in [-0.4, -0.2) is 26.3 Å². The van der Waals surface area contributed by atoms with Crippen LogP contribution < -0.4 is 0 Å². The Morgan fingerprint density at radius 1 is 1.32 bits per heavy atom. The number of nitrogens with zero attached hydrogens (tertiary/aromatic N) is 2. The van der Waals surface area contributed by atoms with Crippen LogP contribution in [0.5, 0.6) is 0 Å². The highest BCUT2D eigenvalue weighted by atomic mass is 19.1. The Labute approximate surface area is 144 Å². The molecule has 1 amide bonds. The van der Waals surface area contributed by atoms with Crippen molar-refractivity contribution < 1.29 is 9.18 Å². The van der Waals surface area contributed by atoms with Gasteiger partial charge in [0.05, 0.1) is 6.04 Å². The van der Waals surface area contributed by atoms with Crippen molar-refractivity contribution in [3.05, 3.63) is 65.2 Å². The first-order valence-electron chi connectivity index (χ1n) is 8.60. The van der Waals surface area contributed by atoms with Gasteiger partial charge in [-0.3, -0.25) is 4.79 Å². The van der Waals surface area contributed by atoms with Crippen LogP contribution in [0.3, 0.4) is 0 Å². The molecular weight excluding hydrogens is 317 g/mol. The van der Waals surface area contributed by atoms with E-state index in [9.17, 15) is 9.18 Å². The molecule has 3 heterocycles. The Balaban J connectivity index is 1.80. The molecule has 0 bridgehead atoms. The van der Waals surface area contributed by atoms with E-state index in [4.69, 9.17) is 0 Å². The fourth-order valence-corrected chi connectivity index (χ4v) is 4.41. The van der Waals surface area contributed by atoms with Crippen LogP contribution in [0.1, 0.15) is 42.6 Å². The highest BCUT2D eigenvalue weighted by molar-refractivity contribution is 5.84. The summed E-state index contributed by atoms with van der Waals surface area (Å²) in [6.45, 7) is 1.61. The van der Waals surface area contributed by atoms with Gasteiger partial charge >= 0.3 is 0 Å². The van der Waals surface area contributed by atoms with Crippen LogP contribution in [0, 0.1) is 5.82 Å². The molecule has 0 saturated heterocycles. The SMILES string of the molecule is CC(=O)N1C(c2cccc(F)c2)c2[nH]c3ncccc3c2CC12CC2. The molecule has 126 valence electrons. The van der Waals surface area contributed by atoms with Crippen LogP contribution in [0.25, 0.3) is 11.0 Å². The minimum Gasteiger partial charge on any atom is -0.341 e. The number of aromatic amines is 1. The van der Waals surface area contributed by atoms with E-state index in [1.54, 1.807) is 19.2 Å². The number of amides is 1. The molecule has 1 spiro atoms. The third kappa shape index (κ3) is 2.05. The molecule has 1 atom stereocenters. The van der Waals surface area contributed by atoms with E-state index >= 15 is 0 Å². The zero-order valence-electron chi connectivity index (χ0n) is 13.9. The molecule has 1 unspecified atom stereocenters. The fraction of sp³-hybridized carbons (Fsp3) is 0.300. The molecule has 25 heavy (non-hydrogen) atoms. The molecule has 1 N–H and O–H groups in total. The maximum atomic E-state index is 13.9. The number of rotatable bonds is 1. The Hall–Kier alpha value is -2.69. The van der Waals surface area contributed by atoms with Crippen LogP contribution in [0.2, 0.25) is 0 Å². The normalized spacial score (nSPS) is 20.7. The molecule has 1 aliphatic heterocycles. The van der Waals surface area contributed by atoms with E-state index < -0.39 is 0 Å². The number of fused-ring (bicyclic) bond motifs is 3. The minimum absolute atomic E-state index is 0.0315. The van der Waals surface area contributed by atoms with E-state index in [1.165, 1.54) is 17.7 Å². The van der Waals surface area contributed by atoms with E-state index in [0.29, 0.717) is 0 Å². The van der Waals surface area contributed by atoms with Gasteiger partial charge in [0.1, 0.15) is 11.5 Å². The summed E-state index contributed by atoms with van der Waals surface area (Å²) < 4.78 is 13.9. The highest BCUT2D eigenvalue weighted by Gasteiger charge is 2.56. The van der Waals surface area contributed by atoms with Crippen molar-refractivity contribution in [2.24, 2.45) is 0 Å². The zero-order valence-corrected chi connectivity index (χ0v) is 13.9. The van der Waals surface area contributed by atoms with E-state index in [0.717, 1.165) is 41.6 Å². The summed E-state index contributed by atoms with van der Waals surface area (Å²) in [7, 11) is 0. The first kappa shape index (κ1) is 14.6. The third-order valence-corrected chi connectivity index (χ3v) is 5.59. The van der Waals surface area contributed by atoms with Gasteiger partial charge in [0.2, 0.25) is 5.91 Å². The third-order valence-electron chi connectivity index (χ3n) is 5.59. The molecule has 1 aliphatic carbocycles. The zero-order chi connectivity index (χ0) is 17.2. The molecule has 2 aliphatic rings. The van der Waals surface area contributed by atoms with E-state index in [2.05, 4.69) is 16.0 Å². The van der Waals surface area contributed by atoms with Crippen molar-refractivity contribution >= 4 is 16.9 Å². The van der Waals surface area contributed by atoms with Gasteiger partial charge in [0, 0.05) is 29.7 Å². The lowest BCUT2D eigenvalue weighted by Crippen LogP contribution is -2.48. The molecule has 1 aromatic carbocycles. The number of halogens is 1. The maximum Gasteiger partial charge on any atom is 0.220 e. The van der Waals surface area contributed by atoms with Gasteiger partial charge in [0.25, 0.3) is 0 Å². The molecule has 1 fully saturated rings. The number of hydrogen-bond donors (Lipinski definition) is 1. The summed E-state index contributed by atoms with van der Waals surface area (Å²) in [5, 5.41) is 1.10. The summed E-state index contributed by atoms with van der Waals surface area (Å²) in [6, 6.07) is 10.3. The van der Waals surface area contributed by atoms with Gasteiger partial charge in [-0.25, -0.2) is 9.37 Å². The number of hydrogen-bond acceptors (Lipinski definition) is 2. The second-order valence-electron chi connectivity index (χ2n) is 7.16. The van der Waals surface area contributed by atoms with Crippen molar-refractivity contribution in [2.75, 3.05) is 0 Å². The first-order valence-corrected chi connectivity index (χ1v) is 8.60. The predicted molar refractivity (Wildman–Crippen MR) is 92.5 cm³/mol. The number of aromatic nitrogens is 2. The molecule has 4 nitrogen and oxygen atoms in total. The van der Waals surface area contributed by atoms with Gasteiger partial charge in [-0.2, -0.15) is 0 Å². The van der Waals surface area contributed by atoms with Gasteiger partial charge in [0.15, 0.2) is 0 Å². The summed E-state index contributed by atoms with van der Waals surface area (Å²) in [6.07, 6.45) is 4.58. The van der Waals surface area contributed by atoms with Crippen LogP contribution in [-0.2, 0) is 11.2 Å².